The maximum Gasteiger partial charge on any atom is 0.333 e. The third kappa shape index (κ3) is 5.28. The van der Waals surface area contributed by atoms with Crippen LogP contribution in [0.25, 0.3) is 0 Å². The lowest BCUT2D eigenvalue weighted by Gasteiger charge is -2.43. The lowest BCUT2D eigenvalue weighted by molar-refractivity contribution is -0.136. The first-order chi connectivity index (χ1) is 14.1. The molecule has 0 aliphatic heterocycles. The molecule has 2 aromatic rings. The summed E-state index contributed by atoms with van der Waals surface area (Å²) in [7, 11) is -1.32. The number of ether oxygens (including phenoxy) is 1. The van der Waals surface area contributed by atoms with Gasteiger partial charge < -0.3 is 14.3 Å². The van der Waals surface area contributed by atoms with Gasteiger partial charge in [-0.05, 0) is 28.4 Å². The molecule has 0 aromatic heterocycles. The average Bonchev–Trinajstić information content (AvgIpc) is 2.73. The largest absolute Gasteiger partial charge is 0.466 e. The SMILES string of the molecule is COC(=O)/C(C)=C/[C@H](O)[C@H](C)CO[Si](c1ccccc1)(c1ccccc1)C(C)(C)C. The number of hydrogen-bond donors (Lipinski definition) is 1. The van der Waals surface area contributed by atoms with Crippen molar-refractivity contribution in [1.29, 1.82) is 0 Å². The Bertz CT molecular complexity index is 801. The number of methoxy groups -OCH3 is 1. The summed E-state index contributed by atoms with van der Waals surface area (Å²) in [6.45, 7) is 10.6. The minimum Gasteiger partial charge on any atom is -0.466 e. The van der Waals surface area contributed by atoms with Crippen LogP contribution < -0.4 is 10.4 Å². The van der Waals surface area contributed by atoms with Gasteiger partial charge in [0.15, 0.2) is 0 Å². The molecule has 4 nitrogen and oxygen atoms in total. The predicted molar refractivity (Wildman–Crippen MR) is 125 cm³/mol. The molecule has 162 valence electrons. The Morgan fingerprint density at radius 1 is 1.03 bits per heavy atom. The third-order valence-corrected chi connectivity index (χ3v) is 10.5. The van der Waals surface area contributed by atoms with E-state index < -0.39 is 20.4 Å². The summed E-state index contributed by atoms with van der Waals surface area (Å²) in [5.74, 6) is -0.625. The first kappa shape index (κ1) is 24.1. The Morgan fingerprint density at radius 3 is 1.90 bits per heavy atom. The minimum absolute atomic E-state index is 0.127. The molecule has 0 saturated carbocycles. The van der Waals surface area contributed by atoms with Crippen molar-refractivity contribution in [2.75, 3.05) is 13.7 Å². The Balaban J connectivity index is 2.41. The van der Waals surface area contributed by atoms with Crippen molar-refractivity contribution in [2.45, 2.75) is 45.8 Å². The van der Waals surface area contributed by atoms with E-state index in [2.05, 4.69) is 69.3 Å². The maximum absolute atomic E-state index is 11.7. The molecule has 2 aromatic carbocycles. The Hall–Kier alpha value is -2.21. The summed E-state index contributed by atoms with van der Waals surface area (Å²) in [6.07, 6.45) is 0.743. The van der Waals surface area contributed by atoms with Gasteiger partial charge in [0.1, 0.15) is 0 Å². The molecule has 0 fully saturated rings. The number of carbonyl (C=O) groups excluding carboxylic acids is 1. The Kier molecular flexibility index (Phi) is 8.18. The molecule has 2 atom stereocenters. The fourth-order valence-corrected chi connectivity index (χ4v) is 8.43. The number of carbonyl (C=O) groups is 1. The monoisotopic (exact) mass is 426 g/mol. The Morgan fingerprint density at radius 2 is 1.50 bits per heavy atom. The molecule has 0 unspecified atom stereocenters. The second-order valence-electron chi connectivity index (χ2n) is 8.78. The van der Waals surface area contributed by atoms with Gasteiger partial charge in [0, 0.05) is 18.1 Å². The van der Waals surface area contributed by atoms with E-state index in [1.54, 1.807) is 13.0 Å². The number of hydrogen-bond acceptors (Lipinski definition) is 4. The standard InChI is InChI=1S/C25H34O4Si/c1-19(24(27)28-6)17-23(26)20(2)18-29-30(25(3,4)5,21-13-9-7-10-14-21)22-15-11-8-12-16-22/h7-17,20,23,26H,18H2,1-6H3/b19-17+/t20-,23+/m1/s1. The maximum atomic E-state index is 11.7. The topological polar surface area (TPSA) is 55.8 Å². The number of aliphatic hydroxyl groups is 1. The predicted octanol–water partition coefficient (Wildman–Crippen LogP) is 3.68. The van der Waals surface area contributed by atoms with E-state index in [1.165, 1.54) is 17.5 Å². The van der Waals surface area contributed by atoms with Crippen LogP contribution in [0.5, 0.6) is 0 Å². The van der Waals surface area contributed by atoms with Gasteiger partial charge in [0.2, 0.25) is 0 Å². The quantitative estimate of drug-likeness (QED) is 0.397. The number of aliphatic hydroxyl groups excluding tert-OH is 1. The van der Waals surface area contributed by atoms with Gasteiger partial charge in [0.05, 0.1) is 13.2 Å². The van der Waals surface area contributed by atoms with E-state index in [1.807, 2.05) is 19.1 Å². The van der Waals surface area contributed by atoms with Gasteiger partial charge in [0.25, 0.3) is 8.32 Å². The summed E-state index contributed by atoms with van der Waals surface area (Å²) < 4.78 is 11.6. The van der Waals surface area contributed by atoms with Crippen LogP contribution in [-0.4, -0.2) is 39.2 Å². The molecule has 30 heavy (non-hydrogen) atoms. The zero-order valence-corrected chi connectivity index (χ0v) is 19.9. The van der Waals surface area contributed by atoms with Crippen LogP contribution in [0.3, 0.4) is 0 Å². The minimum atomic E-state index is -2.65. The zero-order chi connectivity index (χ0) is 22.4. The van der Waals surface area contributed by atoms with Gasteiger partial charge in [-0.25, -0.2) is 4.79 Å². The van der Waals surface area contributed by atoms with Crippen molar-refractivity contribution in [3.05, 3.63) is 72.3 Å². The Labute approximate surface area is 181 Å². The van der Waals surface area contributed by atoms with E-state index >= 15 is 0 Å². The lowest BCUT2D eigenvalue weighted by Crippen LogP contribution is -2.67. The van der Waals surface area contributed by atoms with Crippen LogP contribution in [0.1, 0.15) is 34.6 Å². The van der Waals surface area contributed by atoms with Crippen molar-refractivity contribution >= 4 is 24.7 Å². The highest BCUT2D eigenvalue weighted by atomic mass is 28.4. The molecule has 2 rings (SSSR count). The first-order valence-electron chi connectivity index (χ1n) is 10.3. The summed E-state index contributed by atoms with van der Waals surface area (Å²) in [5, 5.41) is 12.9. The van der Waals surface area contributed by atoms with Gasteiger partial charge >= 0.3 is 5.97 Å². The van der Waals surface area contributed by atoms with Crippen molar-refractivity contribution in [3.8, 4) is 0 Å². The van der Waals surface area contributed by atoms with Crippen molar-refractivity contribution < 1.29 is 19.1 Å². The van der Waals surface area contributed by atoms with Crippen LogP contribution in [-0.2, 0) is 14.0 Å². The van der Waals surface area contributed by atoms with Crippen LogP contribution in [0.4, 0.5) is 0 Å². The summed E-state index contributed by atoms with van der Waals surface area (Å²) in [4.78, 5) is 11.7. The lowest BCUT2D eigenvalue weighted by atomic mass is 10.0. The summed E-state index contributed by atoms with van der Waals surface area (Å²) >= 11 is 0. The molecule has 0 radical (unpaired) electrons. The van der Waals surface area contributed by atoms with Crippen LogP contribution in [0, 0.1) is 5.92 Å². The molecule has 0 saturated heterocycles. The zero-order valence-electron chi connectivity index (χ0n) is 18.9. The number of esters is 1. The molecule has 0 amide bonds. The molecular weight excluding hydrogens is 392 g/mol. The number of rotatable bonds is 8. The van der Waals surface area contributed by atoms with Crippen LogP contribution in [0.2, 0.25) is 5.04 Å². The third-order valence-electron chi connectivity index (χ3n) is 5.49. The molecule has 0 spiro atoms. The van der Waals surface area contributed by atoms with Crippen molar-refractivity contribution in [1.82, 2.24) is 0 Å². The normalized spacial score (nSPS) is 14.8. The van der Waals surface area contributed by atoms with Gasteiger partial charge in [-0.15, -0.1) is 0 Å². The molecule has 0 heterocycles. The highest BCUT2D eigenvalue weighted by molar-refractivity contribution is 6.99. The van der Waals surface area contributed by atoms with Gasteiger partial charge in [-0.3, -0.25) is 0 Å². The molecule has 0 aliphatic rings. The van der Waals surface area contributed by atoms with Crippen LogP contribution in [0.15, 0.2) is 72.3 Å². The second-order valence-corrected chi connectivity index (χ2v) is 13.1. The highest BCUT2D eigenvalue weighted by Crippen LogP contribution is 2.37. The molecular formula is C25H34O4Si. The van der Waals surface area contributed by atoms with Crippen molar-refractivity contribution in [3.63, 3.8) is 0 Å². The summed E-state index contributed by atoms with van der Waals surface area (Å²) in [6, 6.07) is 20.8. The second kappa shape index (κ2) is 10.2. The van der Waals surface area contributed by atoms with E-state index in [0.29, 0.717) is 12.2 Å². The highest BCUT2D eigenvalue weighted by Gasteiger charge is 2.50. The molecule has 0 bridgehead atoms. The summed E-state index contributed by atoms with van der Waals surface area (Å²) in [5.41, 5.74) is 0.391. The fraction of sp³-hybridized carbons (Fsp3) is 0.400. The average molecular weight is 427 g/mol. The fourth-order valence-electron chi connectivity index (χ4n) is 3.77. The molecule has 0 aliphatic carbocycles. The molecule has 1 N–H and O–H groups in total. The van der Waals surface area contributed by atoms with Crippen LogP contribution >= 0.6 is 0 Å². The number of benzene rings is 2. The van der Waals surface area contributed by atoms with E-state index in [0.717, 1.165) is 0 Å². The molecule has 5 heteroatoms. The van der Waals surface area contributed by atoms with Crippen molar-refractivity contribution in [2.24, 2.45) is 5.92 Å². The van der Waals surface area contributed by atoms with Gasteiger partial charge in [-0.1, -0.05) is 88.4 Å². The van der Waals surface area contributed by atoms with E-state index in [9.17, 15) is 9.90 Å². The van der Waals surface area contributed by atoms with Gasteiger partial charge in [-0.2, -0.15) is 0 Å². The first-order valence-corrected chi connectivity index (χ1v) is 12.2. The smallest absolute Gasteiger partial charge is 0.333 e. The van der Waals surface area contributed by atoms with E-state index in [4.69, 9.17) is 9.16 Å². The van der Waals surface area contributed by atoms with E-state index in [-0.39, 0.29) is 11.0 Å².